The van der Waals surface area contributed by atoms with Gasteiger partial charge in [0, 0.05) is 18.8 Å². The van der Waals surface area contributed by atoms with Gasteiger partial charge in [-0.2, -0.15) is 0 Å². The smallest absolute Gasteiger partial charge is 0.203 e. The molecule has 1 unspecified atom stereocenters. The maximum atomic E-state index is 13.3. The number of nitrogens with one attached hydrogen (secondary N) is 4. The van der Waals surface area contributed by atoms with E-state index < -0.39 is 21.7 Å². The van der Waals surface area contributed by atoms with Crippen LogP contribution in [-0.4, -0.2) is 44.7 Å². The van der Waals surface area contributed by atoms with Crippen molar-refractivity contribution < 1.29 is 22.8 Å². The third-order valence-corrected chi connectivity index (χ3v) is 4.49. The molecule has 0 aliphatic rings. The van der Waals surface area contributed by atoms with E-state index in [1.54, 1.807) is 0 Å². The summed E-state index contributed by atoms with van der Waals surface area (Å²) < 4.78 is 50.9. The molecule has 0 aliphatic heterocycles. The maximum Gasteiger partial charge on any atom is 0.203 e. The van der Waals surface area contributed by atoms with Crippen molar-refractivity contribution in [3.05, 3.63) is 34.2 Å². The zero-order valence-corrected chi connectivity index (χ0v) is 15.4. The van der Waals surface area contributed by atoms with Crippen LogP contribution >= 0.6 is 15.9 Å². The summed E-state index contributed by atoms with van der Waals surface area (Å²) in [7, 11) is -3.47. The molecule has 26 heavy (non-hydrogen) atoms. The molecule has 0 amide bonds. The topological polar surface area (TPSA) is 149 Å². The van der Waals surface area contributed by atoms with Crippen LogP contribution in [0.15, 0.2) is 32.5 Å². The SMILES string of the molecule is N=S(=O)(CF)NCCNc1nonc1/C(=N/O)Nc1ccc(F)c(Br)c1. The first kappa shape index (κ1) is 20.0. The molecule has 0 fully saturated rings. The molecule has 1 heterocycles. The minimum absolute atomic E-state index is 0.00247. The van der Waals surface area contributed by atoms with Gasteiger partial charge in [0.2, 0.25) is 11.7 Å². The number of halogens is 3. The van der Waals surface area contributed by atoms with Crippen LogP contribution in [0.25, 0.3) is 0 Å². The molecule has 5 N–H and O–H groups in total. The van der Waals surface area contributed by atoms with Crippen LogP contribution in [0.2, 0.25) is 0 Å². The molecule has 0 aliphatic carbocycles. The Balaban J connectivity index is 2.03. The van der Waals surface area contributed by atoms with E-state index in [-0.39, 0.29) is 34.9 Å². The predicted molar refractivity (Wildman–Crippen MR) is 93.7 cm³/mol. The van der Waals surface area contributed by atoms with Gasteiger partial charge in [0.05, 0.1) is 4.47 Å². The van der Waals surface area contributed by atoms with Crippen LogP contribution in [-0.2, 0) is 9.92 Å². The summed E-state index contributed by atoms with van der Waals surface area (Å²) in [6.45, 7) is 0.111. The number of rotatable bonds is 8. The van der Waals surface area contributed by atoms with Crippen LogP contribution in [0.5, 0.6) is 0 Å². The predicted octanol–water partition coefficient (Wildman–Crippen LogP) is 2.11. The minimum Gasteiger partial charge on any atom is -0.409 e. The third-order valence-electron chi connectivity index (χ3n) is 2.90. The van der Waals surface area contributed by atoms with Crippen LogP contribution in [0.4, 0.5) is 20.3 Å². The highest BCUT2D eigenvalue weighted by molar-refractivity contribution is 9.10. The standard InChI is InChI=1S/C12H14BrF2N7O3S/c13-8-5-7(1-2-9(8)15)19-12(20-23)10-11(22-25-21-10)17-3-4-18-26(16,24)6-14/h1-2,5,23H,3-4,6H2,(H,17,22)(H,19,20)(H2,16,18,24). The highest BCUT2D eigenvalue weighted by Gasteiger charge is 2.18. The van der Waals surface area contributed by atoms with Crippen molar-refractivity contribution in [1.29, 1.82) is 4.78 Å². The highest BCUT2D eigenvalue weighted by Crippen LogP contribution is 2.21. The van der Waals surface area contributed by atoms with Gasteiger partial charge >= 0.3 is 0 Å². The number of aromatic nitrogens is 2. The van der Waals surface area contributed by atoms with E-state index >= 15 is 0 Å². The lowest BCUT2D eigenvalue weighted by atomic mass is 10.3. The molecule has 0 saturated heterocycles. The first-order valence-electron chi connectivity index (χ1n) is 6.94. The first-order valence-corrected chi connectivity index (χ1v) is 9.46. The number of anilines is 2. The molecular weight excluding hydrogens is 440 g/mol. The number of alkyl halides is 1. The Morgan fingerprint density at radius 3 is 2.85 bits per heavy atom. The van der Waals surface area contributed by atoms with Gasteiger partial charge in [-0.1, -0.05) is 5.16 Å². The lowest BCUT2D eigenvalue weighted by molar-refractivity contribution is 0.305. The number of nitrogens with zero attached hydrogens (tertiary/aromatic N) is 3. The molecule has 2 rings (SSSR count). The molecule has 1 atom stereocenters. The largest absolute Gasteiger partial charge is 0.409 e. The molecule has 0 radical (unpaired) electrons. The van der Waals surface area contributed by atoms with E-state index in [0.717, 1.165) is 0 Å². The number of hydrogen-bond donors (Lipinski definition) is 5. The number of hydrogen-bond acceptors (Lipinski definition) is 8. The monoisotopic (exact) mass is 453 g/mol. The van der Waals surface area contributed by atoms with Gasteiger partial charge in [-0.25, -0.2) is 27.1 Å². The van der Waals surface area contributed by atoms with Crippen molar-refractivity contribution in [3.63, 3.8) is 0 Å². The van der Waals surface area contributed by atoms with Crippen molar-refractivity contribution in [1.82, 2.24) is 15.0 Å². The van der Waals surface area contributed by atoms with Crippen molar-refractivity contribution in [2.75, 3.05) is 29.7 Å². The van der Waals surface area contributed by atoms with Crippen molar-refractivity contribution in [2.24, 2.45) is 5.16 Å². The van der Waals surface area contributed by atoms with Gasteiger partial charge in [0.1, 0.15) is 15.7 Å². The molecule has 1 aromatic heterocycles. The summed E-state index contributed by atoms with van der Waals surface area (Å²) in [5, 5.41) is 24.9. The van der Waals surface area contributed by atoms with Crippen LogP contribution in [0.1, 0.15) is 5.69 Å². The van der Waals surface area contributed by atoms with E-state index in [4.69, 9.17) is 4.78 Å². The third kappa shape index (κ3) is 5.34. The second-order valence-corrected chi connectivity index (χ2v) is 7.48. The fraction of sp³-hybridized carbons (Fsp3) is 0.250. The number of amidine groups is 1. The summed E-state index contributed by atoms with van der Waals surface area (Å²) in [6, 6.07) is 2.74. The first-order chi connectivity index (χ1) is 12.4. The van der Waals surface area contributed by atoms with Gasteiger partial charge in [0.25, 0.3) is 0 Å². The normalized spacial score (nSPS) is 14.0. The Labute approximate surface area is 155 Å². The van der Waals surface area contributed by atoms with E-state index in [0.29, 0.717) is 5.69 Å². The van der Waals surface area contributed by atoms with Gasteiger partial charge < -0.3 is 15.8 Å². The molecule has 0 saturated carbocycles. The van der Waals surface area contributed by atoms with Gasteiger partial charge in [0.15, 0.2) is 11.7 Å². The van der Waals surface area contributed by atoms with Gasteiger partial charge in [-0.3, -0.25) is 0 Å². The summed E-state index contributed by atoms with van der Waals surface area (Å²) in [5.41, 5.74) is 0.420. The van der Waals surface area contributed by atoms with Crippen LogP contribution in [0, 0.1) is 10.6 Å². The minimum atomic E-state index is -3.47. The molecule has 142 valence electrons. The van der Waals surface area contributed by atoms with E-state index in [9.17, 15) is 18.2 Å². The average molecular weight is 454 g/mol. The summed E-state index contributed by atoms with van der Waals surface area (Å²) >= 11 is 3.04. The Morgan fingerprint density at radius 1 is 1.42 bits per heavy atom. The zero-order valence-electron chi connectivity index (χ0n) is 13.0. The van der Waals surface area contributed by atoms with Crippen molar-refractivity contribution in [2.45, 2.75) is 0 Å². The summed E-state index contributed by atoms with van der Waals surface area (Å²) in [4.78, 5) is 0. The Kier molecular flexibility index (Phi) is 6.82. The van der Waals surface area contributed by atoms with E-state index in [2.05, 4.69) is 51.4 Å². The molecule has 1 aromatic carbocycles. The van der Waals surface area contributed by atoms with Crippen LogP contribution in [0.3, 0.4) is 0 Å². The average Bonchev–Trinajstić information content (AvgIpc) is 3.08. The van der Waals surface area contributed by atoms with Gasteiger partial charge in [-0.15, -0.1) is 0 Å². The molecule has 10 nitrogen and oxygen atoms in total. The Hall–Kier alpha value is -2.32. The fourth-order valence-corrected chi connectivity index (χ4v) is 2.63. The molecule has 2 aromatic rings. The lowest BCUT2D eigenvalue weighted by Gasteiger charge is -2.09. The Morgan fingerprint density at radius 2 is 2.19 bits per heavy atom. The van der Waals surface area contributed by atoms with Crippen molar-refractivity contribution >= 4 is 43.2 Å². The molecule has 14 heteroatoms. The maximum absolute atomic E-state index is 13.3. The fourth-order valence-electron chi connectivity index (χ4n) is 1.74. The van der Waals surface area contributed by atoms with Crippen LogP contribution < -0.4 is 15.4 Å². The highest BCUT2D eigenvalue weighted by atomic mass is 79.9. The molecular formula is C12H14BrF2N7O3S. The Bertz CT molecular complexity index is 891. The second kappa shape index (κ2) is 8.86. The molecule has 0 bridgehead atoms. The second-order valence-electron chi connectivity index (χ2n) is 4.77. The summed E-state index contributed by atoms with van der Waals surface area (Å²) in [6.07, 6.45) is 0. The number of benzene rings is 1. The quantitative estimate of drug-likeness (QED) is 0.135. The molecule has 0 spiro atoms. The number of oxime groups is 1. The zero-order chi connectivity index (χ0) is 19.2. The van der Waals surface area contributed by atoms with Crippen molar-refractivity contribution in [3.8, 4) is 0 Å². The lowest BCUT2D eigenvalue weighted by Crippen LogP contribution is -2.29. The summed E-state index contributed by atoms with van der Waals surface area (Å²) in [5.74, 6) is -0.506. The van der Waals surface area contributed by atoms with E-state index in [1.165, 1.54) is 18.2 Å². The van der Waals surface area contributed by atoms with E-state index in [1.807, 2.05) is 0 Å². The van der Waals surface area contributed by atoms with Gasteiger partial charge in [-0.05, 0) is 44.4 Å².